The van der Waals surface area contributed by atoms with Crippen molar-refractivity contribution in [3.63, 3.8) is 0 Å². The predicted octanol–water partition coefficient (Wildman–Crippen LogP) is 3.43. The Hall–Kier alpha value is -2.97. The van der Waals surface area contributed by atoms with Gasteiger partial charge in [-0.3, -0.25) is 4.79 Å². The number of pyridine rings is 2. The van der Waals surface area contributed by atoms with E-state index in [4.69, 9.17) is 16.3 Å². The van der Waals surface area contributed by atoms with Gasteiger partial charge in [-0.25, -0.2) is 9.18 Å². The fraction of sp³-hybridized carbons (Fsp3) is 0.286. The number of aromatic carboxylic acids is 1. The number of halogens is 2. The molecular formula is C21H20ClFN2O5. The number of carbonyl (C=O) groups is 1. The highest BCUT2D eigenvalue weighted by atomic mass is 35.5. The molecule has 9 heteroatoms. The van der Waals surface area contributed by atoms with Crippen molar-refractivity contribution in [2.24, 2.45) is 0 Å². The van der Waals surface area contributed by atoms with E-state index in [1.165, 1.54) is 30.0 Å². The minimum absolute atomic E-state index is 0.0342. The molecule has 0 saturated heterocycles. The zero-order valence-electron chi connectivity index (χ0n) is 16.4. The molecule has 2 aromatic heterocycles. The van der Waals surface area contributed by atoms with Crippen LogP contribution in [0.1, 0.15) is 40.9 Å². The number of carboxylic acid groups (broad SMARTS) is 1. The van der Waals surface area contributed by atoms with E-state index in [2.05, 4.69) is 4.98 Å². The van der Waals surface area contributed by atoms with Gasteiger partial charge < -0.3 is 19.5 Å². The fourth-order valence-electron chi connectivity index (χ4n) is 3.33. The molecule has 0 spiro atoms. The van der Waals surface area contributed by atoms with Crippen molar-refractivity contribution < 1.29 is 24.1 Å². The standard InChI is InChI=1S/C21H20ClFN2O5/c1-3-13(10-26)25-9-15(21(28)29)18(27)14-8-12(20(30-2)24-19(14)25)7-11-5-4-6-16(22)17(11)23/h4-6,8-9,13,26H,3,7,10H2,1-2H3,(H,28,29)/t13-/m0/s1. The third kappa shape index (κ3) is 3.88. The van der Waals surface area contributed by atoms with Gasteiger partial charge in [0.25, 0.3) is 0 Å². The van der Waals surface area contributed by atoms with Gasteiger partial charge in [0.05, 0.1) is 30.2 Å². The number of aromatic nitrogens is 2. The quantitative estimate of drug-likeness (QED) is 0.590. The molecule has 0 saturated carbocycles. The molecule has 1 aromatic carbocycles. The number of nitrogens with zero attached hydrogens (tertiary/aromatic N) is 2. The van der Waals surface area contributed by atoms with Gasteiger partial charge in [0.2, 0.25) is 11.3 Å². The van der Waals surface area contributed by atoms with Crippen LogP contribution in [0.2, 0.25) is 5.02 Å². The molecule has 0 fully saturated rings. The van der Waals surface area contributed by atoms with Gasteiger partial charge in [0.15, 0.2) is 0 Å². The summed E-state index contributed by atoms with van der Waals surface area (Å²) in [6.07, 6.45) is 1.69. The minimum Gasteiger partial charge on any atom is -0.481 e. The summed E-state index contributed by atoms with van der Waals surface area (Å²) >= 11 is 5.85. The van der Waals surface area contributed by atoms with Crippen LogP contribution in [0.3, 0.4) is 0 Å². The first-order chi connectivity index (χ1) is 14.3. The van der Waals surface area contributed by atoms with Crippen molar-refractivity contribution in [2.75, 3.05) is 13.7 Å². The summed E-state index contributed by atoms with van der Waals surface area (Å²) in [4.78, 5) is 28.8. The van der Waals surface area contributed by atoms with Crippen molar-refractivity contribution in [3.8, 4) is 5.88 Å². The summed E-state index contributed by atoms with van der Waals surface area (Å²) in [7, 11) is 1.39. The number of rotatable bonds is 7. The molecule has 2 N–H and O–H groups in total. The van der Waals surface area contributed by atoms with Gasteiger partial charge in [0.1, 0.15) is 17.0 Å². The highest BCUT2D eigenvalue weighted by Gasteiger charge is 2.22. The molecule has 30 heavy (non-hydrogen) atoms. The van der Waals surface area contributed by atoms with Crippen LogP contribution in [0.15, 0.2) is 35.3 Å². The van der Waals surface area contributed by atoms with Gasteiger partial charge >= 0.3 is 5.97 Å². The van der Waals surface area contributed by atoms with E-state index in [1.807, 2.05) is 6.92 Å². The number of carboxylic acids is 1. The fourth-order valence-corrected chi connectivity index (χ4v) is 3.53. The molecule has 7 nitrogen and oxygen atoms in total. The topological polar surface area (TPSA) is 102 Å². The number of methoxy groups -OCH3 is 1. The Morgan fingerprint density at radius 3 is 2.70 bits per heavy atom. The Kier molecular flexibility index (Phi) is 6.38. The molecule has 3 rings (SSSR count). The predicted molar refractivity (Wildman–Crippen MR) is 110 cm³/mol. The minimum atomic E-state index is -1.39. The van der Waals surface area contributed by atoms with Crippen molar-refractivity contribution in [3.05, 3.63) is 68.2 Å². The lowest BCUT2D eigenvalue weighted by atomic mass is 10.0. The van der Waals surface area contributed by atoms with E-state index >= 15 is 0 Å². The number of hydrogen-bond acceptors (Lipinski definition) is 5. The molecule has 158 valence electrons. The van der Waals surface area contributed by atoms with Crippen LogP contribution < -0.4 is 10.2 Å². The Morgan fingerprint density at radius 2 is 2.10 bits per heavy atom. The third-order valence-electron chi connectivity index (χ3n) is 4.96. The average Bonchev–Trinajstić information content (AvgIpc) is 2.73. The highest BCUT2D eigenvalue weighted by molar-refractivity contribution is 6.30. The van der Waals surface area contributed by atoms with E-state index in [0.29, 0.717) is 12.0 Å². The van der Waals surface area contributed by atoms with Gasteiger partial charge in [-0.2, -0.15) is 4.98 Å². The van der Waals surface area contributed by atoms with Crippen LogP contribution in [0.25, 0.3) is 11.0 Å². The van der Waals surface area contributed by atoms with E-state index in [9.17, 15) is 24.2 Å². The second-order valence-electron chi connectivity index (χ2n) is 6.75. The van der Waals surface area contributed by atoms with Crippen LogP contribution in [0.5, 0.6) is 5.88 Å². The summed E-state index contributed by atoms with van der Waals surface area (Å²) in [6.45, 7) is 1.55. The van der Waals surface area contributed by atoms with Crippen LogP contribution >= 0.6 is 11.6 Å². The zero-order chi connectivity index (χ0) is 22.0. The Labute approximate surface area is 176 Å². The number of ether oxygens (including phenoxy) is 1. The summed E-state index contributed by atoms with van der Waals surface area (Å²) < 4.78 is 21.2. The first kappa shape index (κ1) is 21.7. The number of aliphatic hydroxyl groups excluding tert-OH is 1. The molecule has 0 aliphatic carbocycles. The highest BCUT2D eigenvalue weighted by Crippen LogP contribution is 2.28. The van der Waals surface area contributed by atoms with Crippen LogP contribution in [0.4, 0.5) is 4.39 Å². The molecular weight excluding hydrogens is 415 g/mol. The van der Waals surface area contributed by atoms with Crippen LogP contribution in [-0.4, -0.2) is 39.5 Å². The number of benzene rings is 1. The van der Waals surface area contributed by atoms with E-state index in [0.717, 1.165) is 0 Å². The number of fused-ring (bicyclic) bond motifs is 1. The van der Waals surface area contributed by atoms with Crippen molar-refractivity contribution in [1.29, 1.82) is 0 Å². The maximum atomic E-state index is 14.4. The lowest BCUT2D eigenvalue weighted by molar-refractivity contribution is 0.0694. The molecule has 3 aromatic rings. The average molecular weight is 435 g/mol. The van der Waals surface area contributed by atoms with Gasteiger partial charge in [-0.05, 0) is 24.1 Å². The van der Waals surface area contributed by atoms with Gasteiger partial charge in [-0.15, -0.1) is 0 Å². The zero-order valence-corrected chi connectivity index (χ0v) is 17.1. The molecule has 0 aliphatic heterocycles. The number of hydrogen-bond donors (Lipinski definition) is 2. The lowest BCUT2D eigenvalue weighted by Gasteiger charge is -2.20. The molecule has 0 bridgehead atoms. The molecule has 1 atom stereocenters. The van der Waals surface area contributed by atoms with Crippen molar-refractivity contribution in [2.45, 2.75) is 25.8 Å². The molecule has 0 unspecified atom stereocenters. The summed E-state index contributed by atoms with van der Waals surface area (Å²) in [5.74, 6) is -1.82. The second-order valence-corrected chi connectivity index (χ2v) is 7.15. The molecule has 0 aliphatic rings. The van der Waals surface area contributed by atoms with E-state index in [1.54, 1.807) is 12.1 Å². The lowest BCUT2D eigenvalue weighted by Crippen LogP contribution is -2.23. The molecule has 2 heterocycles. The monoisotopic (exact) mass is 434 g/mol. The first-order valence-corrected chi connectivity index (χ1v) is 9.59. The van der Waals surface area contributed by atoms with Crippen LogP contribution in [0, 0.1) is 5.82 Å². The summed E-state index contributed by atoms with van der Waals surface area (Å²) in [5, 5.41) is 19.2. The van der Waals surface area contributed by atoms with E-state index < -0.39 is 28.8 Å². The summed E-state index contributed by atoms with van der Waals surface area (Å²) in [6, 6.07) is 5.55. The SMILES string of the molecule is CC[C@@H](CO)n1cc(C(=O)O)c(=O)c2cc(Cc3cccc(Cl)c3F)c(OC)nc21. The van der Waals surface area contributed by atoms with Crippen LogP contribution in [-0.2, 0) is 6.42 Å². The Balaban J connectivity index is 2.31. The Morgan fingerprint density at radius 1 is 1.37 bits per heavy atom. The second kappa shape index (κ2) is 8.81. The first-order valence-electron chi connectivity index (χ1n) is 9.22. The largest absolute Gasteiger partial charge is 0.481 e. The van der Waals surface area contributed by atoms with Gasteiger partial charge in [-0.1, -0.05) is 30.7 Å². The maximum absolute atomic E-state index is 14.4. The summed E-state index contributed by atoms with van der Waals surface area (Å²) in [5.41, 5.74) is -0.309. The van der Waals surface area contributed by atoms with Crippen molar-refractivity contribution in [1.82, 2.24) is 9.55 Å². The smallest absolute Gasteiger partial charge is 0.341 e. The Bertz CT molecular complexity index is 1170. The van der Waals surface area contributed by atoms with Crippen molar-refractivity contribution >= 4 is 28.6 Å². The van der Waals surface area contributed by atoms with E-state index in [-0.39, 0.29) is 40.5 Å². The normalized spacial score (nSPS) is 12.2. The third-order valence-corrected chi connectivity index (χ3v) is 5.25. The maximum Gasteiger partial charge on any atom is 0.341 e. The number of aliphatic hydroxyl groups is 1. The molecule has 0 amide bonds. The van der Waals surface area contributed by atoms with Gasteiger partial charge in [0, 0.05) is 18.2 Å². The molecule has 0 radical (unpaired) electrons.